The number of nitriles is 4. The van der Waals surface area contributed by atoms with Gasteiger partial charge >= 0.3 is 0 Å². The van der Waals surface area contributed by atoms with Crippen LogP contribution in [0.4, 0.5) is 0 Å². The predicted octanol–water partition coefficient (Wildman–Crippen LogP) is 2.38. The highest BCUT2D eigenvalue weighted by Gasteiger charge is 2.21. The summed E-state index contributed by atoms with van der Waals surface area (Å²) in [6, 6.07) is 7.38. The summed E-state index contributed by atoms with van der Waals surface area (Å²) in [6.07, 6.45) is 0. The zero-order chi connectivity index (χ0) is 12.3. The fourth-order valence-corrected chi connectivity index (χ4v) is 2.44. The Morgan fingerprint density at radius 3 is 1.00 bits per heavy atom. The molecule has 0 radical (unpaired) electrons. The molecule has 0 N–H and O–H groups in total. The fraction of sp³-hybridized carbons (Fsp3) is 0. The largest absolute Gasteiger partial charge is 0.192 e. The molecule has 0 atom stereocenters. The van der Waals surface area contributed by atoms with Crippen molar-refractivity contribution >= 4 is 45.2 Å². The Kier molecular flexibility index (Phi) is 4.06. The summed E-state index contributed by atoms with van der Waals surface area (Å²) in [6.45, 7) is 0. The second-order valence-corrected chi connectivity index (χ2v) is 4.73. The molecule has 1 aromatic carbocycles. The van der Waals surface area contributed by atoms with Gasteiger partial charge in [-0.25, -0.2) is 0 Å². The van der Waals surface area contributed by atoms with Crippen LogP contribution >= 0.6 is 45.2 Å². The van der Waals surface area contributed by atoms with E-state index < -0.39 is 0 Å². The van der Waals surface area contributed by atoms with E-state index in [-0.39, 0.29) is 22.3 Å². The van der Waals surface area contributed by atoms with Gasteiger partial charge in [0, 0.05) is 7.14 Å². The Bertz CT molecular complexity index is 578. The molecule has 0 spiro atoms. The van der Waals surface area contributed by atoms with Crippen molar-refractivity contribution in [1.29, 1.82) is 21.0 Å². The minimum Gasteiger partial charge on any atom is -0.192 e. The predicted molar refractivity (Wildman–Crippen MR) is 70.7 cm³/mol. The first-order valence-corrected chi connectivity index (χ1v) is 5.93. The van der Waals surface area contributed by atoms with Gasteiger partial charge in [-0.05, 0) is 45.2 Å². The standard InChI is InChI=1S/C10I2N4/c11-9-7(3-15)5(1-13)6(2-14)8(4-16)10(9)12. The maximum atomic E-state index is 8.94. The molecule has 0 saturated carbocycles. The van der Waals surface area contributed by atoms with Crippen molar-refractivity contribution in [3.63, 3.8) is 0 Å². The maximum Gasteiger partial charge on any atom is 0.102 e. The summed E-state index contributed by atoms with van der Waals surface area (Å²) < 4.78 is 1.07. The third-order valence-corrected chi connectivity index (χ3v) is 5.02. The Morgan fingerprint density at radius 2 is 0.812 bits per heavy atom. The van der Waals surface area contributed by atoms with Gasteiger partial charge in [-0.2, -0.15) is 21.0 Å². The van der Waals surface area contributed by atoms with Crippen LogP contribution < -0.4 is 0 Å². The van der Waals surface area contributed by atoms with E-state index in [1.165, 1.54) is 0 Å². The Balaban J connectivity index is 3.99. The number of halogens is 2. The molecule has 0 aliphatic carbocycles. The van der Waals surface area contributed by atoms with Crippen molar-refractivity contribution < 1.29 is 0 Å². The zero-order valence-corrected chi connectivity index (χ0v) is 11.9. The molecule has 1 aromatic rings. The van der Waals surface area contributed by atoms with E-state index in [4.69, 9.17) is 21.0 Å². The molecular weight excluding hydrogens is 430 g/mol. The molecule has 0 saturated heterocycles. The molecule has 0 fully saturated rings. The van der Waals surface area contributed by atoms with Crippen LogP contribution in [0.15, 0.2) is 0 Å². The SMILES string of the molecule is N#Cc1c(I)c(I)c(C#N)c(C#N)c1C#N. The van der Waals surface area contributed by atoms with E-state index in [9.17, 15) is 0 Å². The van der Waals surface area contributed by atoms with E-state index in [1.54, 1.807) is 12.1 Å². The van der Waals surface area contributed by atoms with E-state index in [1.807, 2.05) is 57.3 Å². The van der Waals surface area contributed by atoms with E-state index in [2.05, 4.69) is 0 Å². The summed E-state index contributed by atoms with van der Waals surface area (Å²) in [5, 5.41) is 35.7. The van der Waals surface area contributed by atoms with Crippen molar-refractivity contribution in [2.45, 2.75) is 0 Å². The van der Waals surface area contributed by atoms with Crippen molar-refractivity contribution in [3.8, 4) is 24.3 Å². The smallest absolute Gasteiger partial charge is 0.102 e. The highest BCUT2D eigenvalue weighted by molar-refractivity contribution is 14.1. The average molecular weight is 430 g/mol. The topological polar surface area (TPSA) is 95.2 Å². The van der Waals surface area contributed by atoms with Gasteiger partial charge in [-0.1, -0.05) is 0 Å². The summed E-state index contributed by atoms with van der Waals surface area (Å²) in [5.74, 6) is 0. The molecule has 0 aliphatic heterocycles. The molecule has 74 valence electrons. The molecule has 16 heavy (non-hydrogen) atoms. The fourth-order valence-electron chi connectivity index (χ4n) is 1.12. The lowest BCUT2D eigenvalue weighted by Crippen LogP contribution is -2.02. The van der Waals surface area contributed by atoms with Crippen LogP contribution in [0, 0.1) is 52.5 Å². The van der Waals surface area contributed by atoms with Gasteiger partial charge in [0.1, 0.15) is 24.3 Å². The normalized spacial score (nSPS) is 8.38. The lowest BCUT2D eigenvalue weighted by Gasteiger charge is -2.06. The molecular formula is C10I2N4. The van der Waals surface area contributed by atoms with Crippen LogP contribution in [0.3, 0.4) is 0 Å². The third kappa shape index (κ3) is 1.82. The van der Waals surface area contributed by atoms with Crippen molar-refractivity contribution in [2.24, 2.45) is 0 Å². The number of rotatable bonds is 0. The Hall–Kier alpha value is -1.36. The summed E-state index contributed by atoms with van der Waals surface area (Å²) in [7, 11) is 0. The van der Waals surface area contributed by atoms with E-state index >= 15 is 0 Å². The van der Waals surface area contributed by atoms with Crippen LogP contribution in [0.1, 0.15) is 22.3 Å². The zero-order valence-electron chi connectivity index (χ0n) is 7.54. The van der Waals surface area contributed by atoms with Gasteiger partial charge in [0.05, 0.1) is 22.3 Å². The van der Waals surface area contributed by atoms with Crippen LogP contribution in [-0.4, -0.2) is 0 Å². The minimum absolute atomic E-state index is 0.0219. The summed E-state index contributed by atoms with van der Waals surface area (Å²) >= 11 is 3.79. The van der Waals surface area contributed by atoms with Crippen LogP contribution in [0.25, 0.3) is 0 Å². The van der Waals surface area contributed by atoms with Gasteiger partial charge in [-0.15, -0.1) is 0 Å². The van der Waals surface area contributed by atoms with Crippen LogP contribution in [-0.2, 0) is 0 Å². The molecule has 1 rings (SSSR count). The molecule has 0 heterocycles. The first kappa shape index (κ1) is 12.7. The van der Waals surface area contributed by atoms with Gasteiger partial charge < -0.3 is 0 Å². The Labute approximate surface area is 119 Å². The van der Waals surface area contributed by atoms with Gasteiger partial charge in [-0.3, -0.25) is 0 Å². The number of benzene rings is 1. The molecule has 0 bridgehead atoms. The van der Waals surface area contributed by atoms with Crippen molar-refractivity contribution in [2.75, 3.05) is 0 Å². The average Bonchev–Trinajstić information content (AvgIpc) is 2.31. The number of hydrogen-bond acceptors (Lipinski definition) is 4. The van der Waals surface area contributed by atoms with Crippen LogP contribution in [0.5, 0.6) is 0 Å². The minimum atomic E-state index is -0.0219. The van der Waals surface area contributed by atoms with Crippen LogP contribution in [0.2, 0.25) is 0 Å². The van der Waals surface area contributed by atoms with Gasteiger partial charge in [0.25, 0.3) is 0 Å². The first-order chi connectivity index (χ1) is 7.62. The Morgan fingerprint density at radius 1 is 0.562 bits per heavy atom. The van der Waals surface area contributed by atoms with Crippen molar-refractivity contribution in [3.05, 3.63) is 29.4 Å². The quantitative estimate of drug-likeness (QED) is 0.591. The van der Waals surface area contributed by atoms with E-state index in [0.29, 0.717) is 7.14 Å². The highest BCUT2D eigenvalue weighted by Crippen LogP contribution is 2.29. The molecule has 0 aliphatic rings. The summed E-state index contributed by atoms with van der Waals surface area (Å²) in [4.78, 5) is 0. The monoisotopic (exact) mass is 430 g/mol. The first-order valence-electron chi connectivity index (χ1n) is 3.77. The van der Waals surface area contributed by atoms with Crippen molar-refractivity contribution in [1.82, 2.24) is 0 Å². The highest BCUT2D eigenvalue weighted by atomic mass is 127. The lowest BCUT2D eigenvalue weighted by molar-refractivity contribution is 1.33. The second-order valence-electron chi connectivity index (χ2n) is 2.58. The summed E-state index contributed by atoms with van der Waals surface area (Å²) in [5.41, 5.74) is 0.267. The third-order valence-electron chi connectivity index (χ3n) is 1.83. The van der Waals surface area contributed by atoms with Gasteiger partial charge in [0.15, 0.2) is 0 Å². The molecule has 6 heteroatoms. The maximum absolute atomic E-state index is 8.94. The number of hydrogen-bond donors (Lipinski definition) is 0. The lowest BCUT2D eigenvalue weighted by atomic mass is 9.99. The molecule has 0 amide bonds. The molecule has 0 aromatic heterocycles. The van der Waals surface area contributed by atoms with E-state index in [0.717, 1.165) is 0 Å². The molecule has 4 nitrogen and oxygen atoms in total. The number of nitrogens with zero attached hydrogens (tertiary/aromatic N) is 4. The molecule has 0 unspecified atom stereocenters. The van der Waals surface area contributed by atoms with Gasteiger partial charge in [0.2, 0.25) is 0 Å². The second kappa shape index (κ2) is 5.12.